The van der Waals surface area contributed by atoms with Gasteiger partial charge in [-0.05, 0) is 49.6 Å². The zero-order chi connectivity index (χ0) is 14.8. The molecule has 21 heavy (non-hydrogen) atoms. The molecule has 3 nitrogen and oxygen atoms in total. The number of nitrogens with zero attached hydrogens (tertiary/aromatic N) is 2. The lowest BCUT2D eigenvalue weighted by molar-refractivity contribution is 0.178. The largest absolute Gasteiger partial charge is 0.326 e. The summed E-state index contributed by atoms with van der Waals surface area (Å²) in [4.78, 5) is 5.88. The van der Waals surface area contributed by atoms with E-state index in [9.17, 15) is 0 Å². The minimum atomic E-state index is 0.510. The van der Waals surface area contributed by atoms with Crippen LogP contribution in [0, 0.1) is 11.8 Å². The molecule has 1 aliphatic rings. The van der Waals surface area contributed by atoms with E-state index in [-0.39, 0.29) is 0 Å². The standard InChI is InChI=1S/C17H25N3S/c1-12(2)13-6-7-14(18-3)15(11-13)20-9-8-19-17(20)16-5-4-10-21-16/h4-5,8-10,12-15,18H,6-7,11H2,1-3H3. The van der Waals surface area contributed by atoms with Crippen molar-refractivity contribution in [2.24, 2.45) is 11.8 Å². The third-order valence-corrected chi connectivity index (χ3v) is 5.80. The van der Waals surface area contributed by atoms with E-state index in [1.54, 1.807) is 11.3 Å². The van der Waals surface area contributed by atoms with Crippen LogP contribution in [0.1, 0.15) is 39.2 Å². The van der Waals surface area contributed by atoms with Crippen molar-refractivity contribution in [1.29, 1.82) is 0 Å². The SMILES string of the molecule is CNC1CCC(C(C)C)CC1n1ccnc1-c1cccs1. The van der Waals surface area contributed by atoms with Gasteiger partial charge in [-0.3, -0.25) is 0 Å². The van der Waals surface area contributed by atoms with Gasteiger partial charge in [0.05, 0.1) is 10.9 Å². The molecular formula is C17H25N3S. The summed E-state index contributed by atoms with van der Waals surface area (Å²) >= 11 is 1.77. The van der Waals surface area contributed by atoms with Gasteiger partial charge in [-0.25, -0.2) is 4.98 Å². The van der Waals surface area contributed by atoms with Crippen molar-refractivity contribution in [2.45, 2.75) is 45.2 Å². The topological polar surface area (TPSA) is 29.9 Å². The monoisotopic (exact) mass is 303 g/mol. The van der Waals surface area contributed by atoms with Crippen molar-refractivity contribution in [1.82, 2.24) is 14.9 Å². The molecule has 0 spiro atoms. The molecule has 0 bridgehead atoms. The fraction of sp³-hybridized carbons (Fsp3) is 0.588. The van der Waals surface area contributed by atoms with E-state index in [4.69, 9.17) is 0 Å². The Morgan fingerprint density at radius 1 is 1.38 bits per heavy atom. The maximum absolute atomic E-state index is 4.62. The summed E-state index contributed by atoms with van der Waals surface area (Å²) in [5.74, 6) is 2.71. The average Bonchev–Trinajstić information content (AvgIpc) is 3.16. The van der Waals surface area contributed by atoms with E-state index in [2.05, 4.69) is 59.5 Å². The van der Waals surface area contributed by atoms with E-state index in [0.29, 0.717) is 12.1 Å². The molecule has 1 N–H and O–H groups in total. The molecule has 0 aliphatic heterocycles. The molecule has 0 radical (unpaired) electrons. The lowest BCUT2D eigenvalue weighted by Gasteiger charge is -2.39. The number of rotatable bonds is 4. The lowest BCUT2D eigenvalue weighted by atomic mass is 9.77. The first kappa shape index (κ1) is 14.8. The number of hydrogen-bond acceptors (Lipinski definition) is 3. The zero-order valence-corrected chi connectivity index (χ0v) is 13.9. The molecule has 1 fully saturated rings. The second-order valence-corrected chi connectivity index (χ2v) is 7.36. The Kier molecular flexibility index (Phi) is 4.45. The third-order valence-electron chi connectivity index (χ3n) is 4.94. The highest BCUT2D eigenvalue weighted by Crippen LogP contribution is 2.38. The molecule has 1 saturated carbocycles. The van der Waals surface area contributed by atoms with Gasteiger partial charge in [0.25, 0.3) is 0 Å². The predicted octanol–water partition coefficient (Wildman–Crippen LogP) is 4.20. The molecular weight excluding hydrogens is 278 g/mol. The van der Waals surface area contributed by atoms with E-state index in [0.717, 1.165) is 17.7 Å². The zero-order valence-electron chi connectivity index (χ0n) is 13.1. The van der Waals surface area contributed by atoms with Crippen LogP contribution in [0.4, 0.5) is 0 Å². The molecule has 3 atom stereocenters. The van der Waals surface area contributed by atoms with Crippen molar-refractivity contribution in [2.75, 3.05) is 7.05 Å². The summed E-state index contributed by atoms with van der Waals surface area (Å²) < 4.78 is 2.40. The molecule has 2 aromatic rings. The van der Waals surface area contributed by atoms with Crippen molar-refractivity contribution < 1.29 is 0 Å². The minimum Gasteiger partial charge on any atom is -0.326 e. The molecule has 114 valence electrons. The van der Waals surface area contributed by atoms with Crippen LogP contribution >= 0.6 is 11.3 Å². The Balaban J connectivity index is 1.91. The minimum absolute atomic E-state index is 0.510. The van der Waals surface area contributed by atoms with Crippen LogP contribution in [0.5, 0.6) is 0 Å². The van der Waals surface area contributed by atoms with E-state index < -0.39 is 0 Å². The number of aromatic nitrogens is 2. The van der Waals surface area contributed by atoms with Gasteiger partial charge in [-0.15, -0.1) is 11.3 Å². The van der Waals surface area contributed by atoms with Gasteiger partial charge in [0, 0.05) is 18.4 Å². The normalized spacial score (nSPS) is 26.4. The molecule has 3 unspecified atom stereocenters. The van der Waals surface area contributed by atoms with Crippen LogP contribution in [0.15, 0.2) is 29.9 Å². The summed E-state index contributed by atoms with van der Waals surface area (Å²) in [7, 11) is 2.09. The Morgan fingerprint density at radius 3 is 2.90 bits per heavy atom. The van der Waals surface area contributed by atoms with Gasteiger partial charge in [-0.1, -0.05) is 19.9 Å². The highest BCUT2D eigenvalue weighted by atomic mass is 32.1. The van der Waals surface area contributed by atoms with Crippen LogP contribution in [-0.2, 0) is 0 Å². The fourth-order valence-corrected chi connectivity index (χ4v) is 4.33. The molecule has 3 rings (SSSR count). The first-order chi connectivity index (χ1) is 10.2. The first-order valence-electron chi connectivity index (χ1n) is 7.94. The van der Waals surface area contributed by atoms with Crippen LogP contribution in [0.3, 0.4) is 0 Å². The number of thiophene rings is 1. The Labute approximate surface area is 131 Å². The van der Waals surface area contributed by atoms with Gasteiger partial charge >= 0.3 is 0 Å². The highest BCUT2D eigenvalue weighted by Gasteiger charge is 2.33. The average molecular weight is 303 g/mol. The molecule has 0 amide bonds. The number of imidazole rings is 1. The summed E-state index contributed by atoms with van der Waals surface area (Å²) in [6.07, 6.45) is 7.94. The molecule has 2 aromatic heterocycles. The van der Waals surface area contributed by atoms with Crippen LogP contribution < -0.4 is 5.32 Å². The van der Waals surface area contributed by atoms with Crippen molar-refractivity contribution in [3.63, 3.8) is 0 Å². The molecule has 0 saturated heterocycles. The maximum atomic E-state index is 4.62. The first-order valence-corrected chi connectivity index (χ1v) is 8.82. The van der Waals surface area contributed by atoms with Gasteiger partial charge in [-0.2, -0.15) is 0 Å². The summed E-state index contributed by atoms with van der Waals surface area (Å²) in [6, 6.07) is 5.33. The Morgan fingerprint density at radius 2 is 2.24 bits per heavy atom. The summed E-state index contributed by atoms with van der Waals surface area (Å²) in [6.45, 7) is 4.71. The molecule has 1 aliphatic carbocycles. The quantitative estimate of drug-likeness (QED) is 0.917. The van der Waals surface area contributed by atoms with E-state index in [1.165, 1.54) is 24.1 Å². The predicted molar refractivity (Wildman–Crippen MR) is 89.6 cm³/mol. The van der Waals surface area contributed by atoms with Crippen molar-refractivity contribution >= 4 is 11.3 Å². The van der Waals surface area contributed by atoms with Crippen molar-refractivity contribution in [3.05, 3.63) is 29.9 Å². The van der Waals surface area contributed by atoms with Gasteiger partial charge in [0.2, 0.25) is 0 Å². The van der Waals surface area contributed by atoms with Crippen LogP contribution in [0.2, 0.25) is 0 Å². The van der Waals surface area contributed by atoms with Gasteiger partial charge in [0.1, 0.15) is 5.82 Å². The smallest absolute Gasteiger partial charge is 0.150 e. The Bertz CT molecular complexity index is 558. The summed E-state index contributed by atoms with van der Waals surface area (Å²) in [5, 5.41) is 5.66. The molecule has 2 heterocycles. The highest BCUT2D eigenvalue weighted by molar-refractivity contribution is 7.13. The number of likely N-dealkylation sites (N-methyl/N-ethyl adjacent to an activating group) is 1. The lowest BCUT2D eigenvalue weighted by Crippen LogP contribution is -2.41. The Hall–Kier alpha value is -1.13. The van der Waals surface area contributed by atoms with E-state index >= 15 is 0 Å². The van der Waals surface area contributed by atoms with Crippen molar-refractivity contribution in [3.8, 4) is 10.7 Å². The third kappa shape index (κ3) is 2.92. The van der Waals surface area contributed by atoms with Gasteiger partial charge in [0.15, 0.2) is 0 Å². The van der Waals surface area contributed by atoms with E-state index in [1.807, 2.05) is 6.20 Å². The van der Waals surface area contributed by atoms with Crippen LogP contribution in [-0.4, -0.2) is 22.6 Å². The fourth-order valence-electron chi connectivity index (χ4n) is 3.61. The second kappa shape index (κ2) is 6.32. The number of nitrogens with one attached hydrogen (secondary N) is 1. The molecule has 0 aromatic carbocycles. The molecule has 4 heteroatoms. The van der Waals surface area contributed by atoms with Gasteiger partial charge < -0.3 is 9.88 Å². The van der Waals surface area contributed by atoms with Crippen LogP contribution in [0.25, 0.3) is 10.7 Å². The number of hydrogen-bond donors (Lipinski definition) is 1. The maximum Gasteiger partial charge on any atom is 0.150 e. The second-order valence-electron chi connectivity index (χ2n) is 6.42. The summed E-state index contributed by atoms with van der Waals surface area (Å²) in [5.41, 5.74) is 0.